The molecule has 0 saturated carbocycles. The molecule has 2 atom stereocenters. The highest BCUT2D eigenvalue weighted by Gasteiger charge is 2.29. The zero-order valence-electron chi connectivity index (χ0n) is 13.2. The third-order valence-corrected chi connectivity index (χ3v) is 4.07. The van der Waals surface area contributed by atoms with Crippen molar-refractivity contribution in [2.45, 2.75) is 45.2 Å². The molecule has 1 aromatic carbocycles. The van der Waals surface area contributed by atoms with Crippen molar-refractivity contribution in [3.63, 3.8) is 0 Å². The van der Waals surface area contributed by atoms with Crippen molar-refractivity contribution < 1.29 is 14.3 Å². The first-order chi connectivity index (χ1) is 10.1. The summed E-state index contributed by atoms with van der Waals surface area (Å²) in [7, 11) is 1.64. The van der Waals surface area contributed by atoms with Gasteiger partial charge in [0.05, 0.1) is 6.61 Å². The highest BCUT2D eigenvalue weighted by atomic mass is 16.5. The molecule has 2 rings (SSSR count). The second kappa shape index (κ2) is 7.46. The molecule has 1 aliphatic heterocycles. The molecule has 0 spiro atoms. The minimum Gasteiger partial charge on any atom is -0.491 e. The summed E-state index contributed by atoms with van der Waals surface area (Å²) in [4.78, 5) is 14.8. The van der Waals surface area contributed by atoms with Crippen LogP contribution in [-0.4, -0.2) is 43.2 Å². The Bertz CT molecular complexity index is 465. The average Bonchev–Trinajstić information content (AvgIpc) is 2.47. The van der Waals surface area contributed by atoms with Gasteiger partial charge in [0, 0.05) is 24.8 Å². The fourth-order valence-corrected chi connectivity index (χ4v) is 2.93. The van der Waals surface area contributed by atoms with Crippen LogP contribution in [0.2, 0.25) is 0 Å². The molecule has 0 radical (unpaired) electrons. The van der Waals surface area contributed by atoms with Gasteiger partial charge in [-0.15, -0.1) is 0 Å². The quantitative estimate of drug-likeness (QED) is 0.782. The summed E-state index contributed by atoms with van der Waals surface area (Å²) in [6.45, 7) is 5.29. The second-order valence-corrected chi connectivity index (χ2v) is 5.71. The predicted molar refractivity (Wildman–Crippen MR) is 82.8 cm³/mol. The van der Waals surface area contributed by atoms with Gasteiger partial charge in [0.15, 0.2) is 0 Å². The van der Waals surface area contributed by atoms with Crippen LogP contribution in [0.25, 0.3) is 0 Å². The third kappa shape index (κ3) is 3.97. The van der Waals surface area contributed by atoms with Gasteiger partial charge in [0.2, 0.25) is 0 Å². The summed E-state index contributed by atoms with van der Waals surface area (Å²) in [6.07, 6.45) is 3.37. The largest absolute Gasteiger partial charge is 0.491 e. The first kappa shape index (κ1) is 15.8. The van der Waals surface area contributed by atoms with Gasteiger partial charge in [-0.05, 0) is 51.3 Å². The summed E-state index contributed by atoms with van der Waals surface area (Å²) in [5.74, 6) is 0.821. The molecule has 1 fully saturated rings. The maximum atomic E-state index is 12.7. The molecule has 0 N–H and O–H groups in total. The van der Waals surface area contributed by atoms with E-state index in [0.717, 1.165) is 18.6 Å². The van der Waals surface area contributed by atoms with E-state index in [9.17, 15) is 4.79 Å². The van der Waals surface area contributed by atoms with Crippen molar-refractivity contribution in [3.05, 3.63) is 29.8 Å². The number of likely N-dealkylation sites (tertiary alicyclic amines) is 1. The van der Waals surface area contributed by atoms with Gasteiger partial charge < -0.3 is 14.4 Å². The molecule has 0 bridgehead atoms. The van der Waals surface area contributed by atoms with E-state index in [0.29, 0.717) is 30.9 Å². The Labute approximate surface area is 127 Å². The lowest BCUT2D eigenvalue weighted by Crippen LogP contribution is -2.47. The van der Waals surface area contributed by atoms with Crippen LogP contribution in [0.1, 0.15) is 43.5 Å². The minimum absolute atomic E-state index is 0.104. The van der Waals surface area contributed by atoms with Crippen LogP contribution in [0.3, 0.4) is 0 Å². The summed E-state index contributed by atoms with van der Waals surface area (Å²) >= 11 is 0. The number of piperidine rings is 1. The van der Waals surface area contributed by atoms with Gasteiger partial charge in [-0.2, -0.15) is 0 Å². The molecule has 0 aromatic heterocycles. The first-order valence-electron chi connectivity index (χ1n) is 7.68. The zero-order valence-corrected chi connectivity index (χ0v) is 13.2. The highest BCUT2D eigenvalue weighted by molar-refractivity contribution is 5.95. The normalized spacial score (nSPS) is 22.1. The molecule has 1 amide bonds. The van der Waals surface area contributed by atoms with Gasteiger partial charge >= 0.3 is 0 Å². The van der Waals surface area contributed by atoms with Gasteiger partial charge in [-0.25, -0.2) is 0 Å². The minimum atomic E-state index is 0.104. The van der Waals surface area contributed by atoms with Crippen LogP contribution in [0.15, 0.2) is 24.3 Å². The van der Waals surface area contributed by atoms with Crippen LogP contribution in [-0.2, 0) is 4.74 Å². The molecule has 1 aliphatic rings. The van der Waals surface area contributed by atoms with E-state index in [1.807, 2.05) is 29.2 Å². The first-order valence-corrected chi connectivity index (χ1v) is 7.68. The zero-order chi connectivity index (χ0) is 15.2. The Balaban J connectivity index is 2.09. The summed E-state index contributed by atoms with van der Waals surface area (Å²) in [6, 6.07) is 8.04. The highest BCUT2D eigenvalue weighted by Crippen LogP contribution is 2.25. The van der Waals surface area contributed by atoms with Crippen molar-refractivity contribution in [2.24, 2.45) is 0 Å². The molecule has 21 heavy (non-hydrogen) atoms. The molecule has 1 saturated heterocycles. The number of benzene rings is 1. The Morgan fingerprint density at radius 1 is 1.24 bits per heavy atom. The van der Waals surface area contributed by atoms with Crippen LogP contribution >= 0.6 is 0 Å². The van der Waals surface area contributed by atoms with Gasteiger partial charge in [-0.1, -0.05) is 6.07 Å². The number of amides is 1. The van der Waals surface area contributed by atoms with E-state index >= 15 is 0 Å². The smallest absolute Gasteiger partial charge is 0.254 e. The predicted octanol–water partition coefficient (Wildman–Crippen LogP) is 3.11. The number of hydrogen-bond acceptors (Lipinski definition) is 3. The van der Waals surface area contributed by atoms with Crippen molar-refractivity contribution in [2.75, 3.05) is 20.3 Å². The van der Waals surface area contributed by atoms with Gasteiger partial charge in [0.25, 0.3) is 5.91 Å². The number of hydrogen-bond donors (Lipinski definition) is 0. The Morgan fingerprint density at radius 2 is 1.95 bits per heavy atom. The maximum Gasteiger partial charge on any atom is 0.254 e. The lowest BCUT2D eigenvalue weighted by atomic mass is 9.96. The van der Waals surface area contributed by atoms with E-state index < -0.39 is 0 Å². The van der Waals surface area contributed by atoms with Crippen molar-refractivity contribution in [1.82, 2.24) is 4.90 Å². The van der Waals surface area contributed by atoms with Gasteiger partial charge in [0.1, 0.15) is 12.4 Å². The number of rotatable bonds is 5. The van der Waals surface area contributed by atoms with E-state index in [2.05, 4.69) is 13.8 Å². The van der Waals surface area contributed by atoms with E-state index in [-0.39, 0.29) is 5.91 Å². The number of nitrogens with zero attached hydrogens (tertiary/aromatic N) is 1. The van der Waals surface area contributed by atoms with Crippen molar-refractivity contribution in [3.8, 4) is 5.75 Å². The monoisotopic (exact) mass is 291 g/mol. The fourth-order valence-electron chi connectivity index (χ4n) is 2.93. The third-order valence-electron chi connectivity index (χ3n) is 4.07. The van der Waals surface area contributed by atoms with E-state index in [4.69, 9.17) is 9.47 Å². The fraction of sp³-hybridized carbons (Fsp3) is 0.588. The SMILES string of the molecule is COCCOc1cccc(C(=O)N2C(C)CCCC2C)c1. The summed E-state index contributed by atoms with van der Waals surface area (Å²) in [5.41, 5.74) is 0.700. The topological polar surface area (TPSA) is 38.8 Å². The Hall–Kier alpha value is -1.55. The van der Waals surface area contributed by atoms with Crippen molar-refractivity contribution >= 4 is 5.91 Å². The maximum absolute atomic E-state index is 12.7. The molecule has 4 heteroatoms. The Kier molecular flexibility index (Phi) is 5.62. The average molecular weight is 291 g/mol. The lowest BCUT2D eigenvalue weighted by Gasteiger charge is -2.39. The van der Waals surface area contributed by atoms with Crippen molar-refractivity contribution in [1.29, 1.82) is 0 Å². The number of carbonyl (C=O) groups excluding carboxylic acids is 1. The standard InChI is InChI=1S/C17H25NO3/c1-13-6-4-7-14(2)18(13)17(19)15-8-5-9-16(12-15)21-11-10-20-3/h5,8-9,12-14H,4,6-7,10-11H2,1-3H3. The van der Waals surface area contributed by atoms with Gasteiger partial charge in [-0.3, -0.25) is 4.79 Å². The molecule has 4 nitrogen and oxygen atoms in total. The second-order valence-electron chi connectivity index (χ2n) is 5.71. The van der Waals surface area contributed by atoms with Crippen LogP contribution in [0.5, 0.6) is 5.75 Å². The van der Waals surface area contributed by atoms with E-state index in [1.165, 1.54) is 6.42 Å². The summed E-state index contributed by atoms with van der Waals surface area (Å²) in [5, 5.41) is 0. The Morgan fingerprint density at radius 3 is 2.62 bits per heavy atom. The molecular formula is C17H25NO3. The van der Waals surface area contributed by atoms with Crippen LogP contribution in [0, 0.1) is 0 Å². The molecule has 0 aliphatic carbocycles. The lowest BCUT2D eigenvalue weighted by molar-refractivity contribution is 0.0510. The van der Waals surface area contributed by atoms with Crippen LogP contribution in [0.4, 0.5) is 0 Å². The molecular weight excluding hydrogens is 266 g/mol. The molecule has 1 heterocycles. The molecule has 2 unspecified atom stereocenters. The number of carbonyl (C=O) groups is 1. The summed E-state index contributed by atoms with van der Waals surface area (Å²) < 4.78 is 10.5. The van der Waals surface area contributed by atoms with Crippen LogP contribution < -0.4 is 4.74 Å². The number of ether oxygens (including phenoxy) is 2. The van der Waals surface area contributed by atoms with E-state index in [1.54, 1.807) is 7.11 Å². The molecule has 1 aromatic rings. The number of methoxy groups -OCH3 is 1. The molecule has 116 valence electrons.